The third-order valence-electron chi connectivity index (χ3n) is 3.88. The number of rotatable bonds is 4. The SMILES string of the molecule is CC(C)Nc1nccc(C(=O)N2CCN(C(=O)c3ccco3)CC2)n1. The number of carbonyl (C=O) groups excluding carboxylic acids is 2. The Hall–Kier alpha value is -2.90. The number of aromatic nitrogens is 2. The molecule has 0 atom stereocenters. The van der Waals surface area contributed by atoms with Crippen molar-refractivity contribution in [1.29, 1.82) is 0 Å². The van der Waals surface area contributed by atoms with E-state index in [1.807, 2.05) is 13.8 Å². The van der Waals surface area contributed by atoms with Gasteiger partial charge in [0.05, 0.1) is 6.26 Å². The Labute approximate surface area is 145 Å². The van der Waals surface area contributed by atoms with Gasteiger partial charge in [-0.2, -0.15) is 0 Å². The number of piperazine rings is 1. The maximum Gasteiger partial charge on any atom is 0.289 e. The zero-order valence-electron chi connectivity index (χ0n) is 14.3. The van der Waals surface area contributed by atoms with Crippen LogP contribution in [-0.4, -0.2) is 63.8 Å². The average Bonchev–Trinajstić information content (AvgIpc) is 3.15. The number of anilines is 1. The molecule has 2 amide bonds. The molecular weight excluding hydrogens is 322 g/mol. The minimum Gasteiger partial charge on any atom is -0.459 e. The lowest BCUT2D eigenvalue weighted by atomic mass is 10.2. The highest BCUT2D eigenvalue weighted by atomic mass is 16.3. The number of hydrogen-bond acceptors (Lipinski definition) is 6. The number of amides is 2. The van der Waals surface area contributed by atoms with E-state index in [-0.39, 0.29) is 17.9 Å². The highest BCUT2D eigenvalue weighted by Gasteiger charge is 2.27. The normalized spacial score (nSPS) is 14.7. The molecule has 0 bridgehead atoms. The first-order chi connectivity index (χ1) is 12.0. The highest BCUT2D eigenvalue weighted by molar-refractivity contribution is 5.93. The molecule has 0 radical (unpaired) electrons. The van der Waals surface area contributed by atoms with Crippen LogP contribution < -0.4 is 5.32 Å². The van der Waals surface area contributed by atoms with Crippen LogP contribution >= 0.6 is 0 Å². The summed E-state index contributed by atoms with van der Waals surface area (Å²) in [5, 5.41) is 3.08. The van der Waals surface area contributed by atoms with E-state index in [0.29, 0.717) is 43.6 Å². The maximum absolute atomic E-state index is 12.6. The van der Waals surface area contributed by atoms with Crippen molar-refractivity contribution in [3.63, 3.8) is 0 Å². The molecule has 8 nitrogen and oxygen atoms in total. The fourth-order valence-electron chi connectivity index (χ4n) is 2.64. The van der Waals surface area contributed by atoms with E-state index < -0.39 is 0 Å². The molecule has 25 heavy (non-hydrogen) atoms. The Morgan fingerprint density at radius 3 is 2.40 bits per heavy atom. The monoisotopic (exact) mass is 343 g/mol. The summed E-state index contributed by atoms with van der Waals surface area (Å²) in [7, 11) is 0. The van der Waals surface area contributed by atoms with E-state index in [9.17, 15) is 9.59 Å². The van der Waals surface area contributed by atoms with Gasteiger partial charge in [0.1, 0.15) is 5.69 Å². The largest absolute Gasteiger partial charge is 0.459 e. The summed E-state index contributed by atoms with van der Waals surface area (Å²) in [6.07, 6.45) is 3.05. The average molecular weight is 343 g/mol. The van der Waals surface area contributed by atoms with Gasteiger partial charge in [-0.15, -0.1) is 0 Å². The summed E-state index contributed by atoms with van der Waals surface area (Å²) in [5.41, 5.74) is 0.351. The maximum atomic E-state index is 12.6. The van der Waals surface area contributed by atoms with Gasteiger partial charge in [0.2, 0.25) is 5.95 Å². The smallest absolute Gasteiger partial charge is 0.289 e. The molecule has 1 fully saturated rings. The van der Waals surface area contributed by atoms with Crippen LogP contribution in [0.2, 0.25) is 0 Å². The summed E-state index contributed by atoms with van der Waals surface area (Å²) in [5.74, 6) is 0.453. The van der Waals surface area contributed by atoms with Crippen LogP contribution in [0.25, 0.3) is 0 Å². The van der Waals surface area contributed by atoms with Gasteiger partial charge in [-0.3, -0.25) is 9.59 Å². The van der Waals surface area contributed by atoms with Gasteiger partial charge in [0.25, 0.3) is 11.8 Å². The lowest BCUT2D eigenvalue weighted by Gasteiger charge is -2.34. The first-order valence-corrected chi connectivity index (χ1v) is 8.26. The first-order valence-electron chi connectivity index (χ1n) is 8.26. The Kier molecular flexibility index (Phi) is 4.97. The van der Waals surface area contributed by atoms with Gasteiger partial charge < -0.3 is 19.5 Å². The van der Waals surface area contributed by atoms with Crippen molar-refractivity contribution in [3.05, 3.63) is 42.1 Å². The van der Waals surface area contributed by atoms with E-state index in [0.717, 1.165) is 0 Å². The molecule has 2 aromatic heterocycles. The molecule has 3 heterocycles. The van der Waals surface area contributed by atoms with Crippen LogP contribution in [-0.2, 0) is 0 Å². The standard InChI is InChI=1S/C17H21N5O3/c1-12(2)19-17-18-6-5-13(20-17)15(23)21-7-9-22(10-8-21)16(24)14-4-3-11-25-14/h3-6,11-12H,7-10H2,1-2H3,(H,18,19,20). The number of nitrogens with one attached hydrogen (secondary N) is 1. The van der Waals surface area contributed by atoms with E-state index in [1.54, 1.807) is 34.2 Å². The van der Waals surface area contributed by atoms with Gasteiger partial charge in [-0.05, 0) is 32.0 Å². The number of carbonyl (C=O) groups is 2. The fraction of sp³-hybridized carbons (Fsp3) is 0.412. The van der Waals surface area contributed by atoms with Crippen molar-refractivity contribution in [2.45, 2.75) is 19.9 Å². The highest BCUT2D eigenvalue weighted by Crippen LogP contribution is 2.12. The quantitative estimate of drug-likeness (QED) is 0.904. The third kappa shape index (κ3) is 3.96. The fourth-order valence-corrected chi connectivity index (χ4v) is 2.64. The lowest BCUT2D eigenvalue weighted by Crippen LogP contribution is -2.50. The third-order valence-corrected chi connectivity index (χ3v) is 3.88. The molecule has 132 valence electrons. The summed E-state index contributed by atoms with van der Waals surface area (Å²) in [6, 6.07) is 5.12. The van der Waals surface area contributed by atoms with Crippen LogP contribution in [0.15, 0.2) is 35.1 Å². The van der Waals surface area contributed by atoms with E-state index in [4.69, 9.17) is 4.42 Å². The van der Waals surface area contributed by atoms with Gasteiger partial charge in [-0.1, -0.05) is 0 Å². The van der Waals surface area contributed by atoms with E-state index in [2.05, 4.69) is 15.3 Å². The lowest BCUT2D eigenvalue weighted by molar-refractivity contribution is 0.0515. The zero-order chi connectivity index (χ0) is 17.8. The molecule has 0 saturated carbocycles. The molecule has 0 spiro atoms. The molecule has 1 aliphatic rings. The van der Waals surface area contributed by atoms with Crippen molar-refractivity contribution in [2.24, 2.45) is 0 Å². The zero-order valence-corrected chi connectivity index (χ0v) is 14.3. The van der Waals surface area contributed by atoms with Gasteiger partial charge in [-0.25, -0.2) is 9.97 Å². The Morgan fingerprint density at radius 2 is 1.80 bits per heavy atom. The van der Waals surface area contributed by atoms with Crippen LogP contribution in [0.3, 0.4) is 0 Å². The van der Waals surface area contributed by atoms with Gasteiger partial charge in [0.15, 0.2) is 5.76 Å². The second kappa shape index (κ2) is 7.33. The van der Waals surface area contributed by atoms with Gasteiger partial charge in [0, 0.05) is 38.4 Å². The molecule has 1 aliphatic heterocycles. The minimum atomic E-state index is -0.153. The molecular formula is C17H21N5O3. The summed E-state index contributed by atoms with van der Waals surface area (Å²) >= 11 is 0. The first kappa shape index (κ1) is 16.9. The summed E-state index contributed by atoms with van der Waals surface area (Å²) in [4.78, 5) is 36.7. The van der Waals surface area contributed by atoms with Crippen molar-refractivity contribution < 1.29 is 14.0 Å². The molecule has 0 aromatic carbocycles. The van der Waals surface area contributed by atoms with Crippen molar-refractivity contribution in [2.75, 3.05) is 31.5 Å². The molecule has 8 heteroatoms. The Bertz CT molecular complexity index is 737. The Morgan fingerprint density at radius 1 is 1.12 bits per heavy atom. The van der Waals surface area contributed by atoms with Crippen LogP contribution in [0.4, 0.5) is 5.95 Å². The van der Waals surface area contributed by atoms with Crippen molar-refractivity contribution >= 4 is 17.8 Å². The second-order valence-corrected chi connectivity index (χ2v) is 6.13. The van der Waals surface area contributed by atoms with Crippen molar-refractivity contribution in [3.8, 4) is 0 Å². The summed E-state index contributed by atoms with van der Waals surface area (Å²) in [6.45, 7) is 5.81. The predicted molar refractivity (Wildman–Crippen MR) is 91.3 cm³/mol. The second-order valence-electron chi connectivity index (χ2n) is 6.13. The molecule has 0 unspecified atom stereocenters. The van der Waals surface area contributed by atoms with E-state index >= 15 is 0 Å². The number of furan rings is 1. The van der Waals surface area contributed by atoms with Gasteiger partial charge >= 0.3 is 0 Å². The topological polar surface area (TPSA) is 91.6 Å². The minimum absolute atomic E-state index is 0.150. The molecule has 2 aromatic rings. The molecule has 1 saturated heterocycles. The number of hydrogen-bond donors (Lipinski definition) is 1. The Balaban J connectivity index is 1.61. The van der Waals surface area contributed by atoms with Crippen molar-refractivity contribution in [1.82, 2.24) is 19.8 Å². The summed E-state index contributed by atoms with van der Waals surface area (Å²) < 4.78 is 5.14. The van der Waals surface area contributed by atoms with Crippen LogP contribution in [0, 0.1) is 0 Å². The molecule has 1 N–H and O–H groups in total. The predicted octanol–water partition coefficient (Wildman–Crippen LogP) is 1.49. The molecule has 3 rings (SSSR count). The van der Waals surface area contributed by atoms with Crippen LogP contribution in [0.5, 0.6) is 0 Å². The number of nitrogens with zero attached hydrogens (tertiary/aromatic N) is 4. The van der Waals surface area contributed by atoms with E-state index in [1.165, 1.54) is 6.26 Å². The van der Waals surface area contributed by atoms with Crippen LogP contribution in [0.1, 0.15) is 34.9 Å². The molecule has 0 aliphatic carbocycles.